The Morgan fingerprint density at radius 3 is 3.00 bits per heavy atom. The summed E-state index contributed by atoms with van der Waals surface area (Å²) in [4.78, 5) is 17.2. The van der Waals surface area contributed by atoms with Crippen molar-refractivity contribution in [2.75, 3.05) is 13.7 Å². The zero-order valence-electron chi connectivity index (χ0n) is 9.88. The molecule has 0 radical (unpaired) electrons. The second-order valence-electron chi connectivity index (χ2n) is 3.67. The van der Waals surface area contributed by atoms with Crippen LogP contribution in [0.1, 0.15) is 9.88 Å². The van der Waals surface area contributed by atoms with E-state index in [1.54, 1.807) is 18.4 Å². The molecule has 0 saturated heterocycles. The molecule has 4 nitrogen and oxygen atoms in total. The number of nitrogens with zero attached hydrogens (tertiary/aromatic N) is 1. The molecule has 2 aromatic rings. The summed E-state index contributed by atoms with van der Waals surface area (Å²) in [6.07, 6.45) is 0.747. The summed E-state index contributed by atoms with van der Waals surface area (Å²) < 4.78 is 5.02. The Bertz CT molecular complexity index is 519. The van der Waals surface area contributed by atoms with Gasteiger partial charge in [0.1, 0.15) is 0 Å². The summed E-state index contributed by atoms with van der Waals surface area (Å²) >= 11 is 3.04. The number of hydrogen-bond acceptors (Lipinski definition) is 5. The van der Waals surface area contributed by atoms with Crippen molar-refractivity contribution in [1.29, 1.82) is 0 Å². The highest BCUT2D eigenvalue weighted by Crippen LogP contribution is 2.32. The average Bonchev–Trinajstić information content (AvgIpc) is 2.94. The largest absolute Gasteiger partial charge is 0.481 e. The van der Waals surface area contributed by atoms with Gasteiger partial charge in [0, 0.05) is 18.4 Å². The van der Waals surface area contributed by atoms with Gasteiger partial charge in [0.2, 0.25) is 0 Å². The van der Waals surface area contributed by atoms with Crippen molar-refractivity contribution in [3.8, 4) is 10.6 Å². The van der Waals surface area contributed by atoms with Crippen LogP contribution in [0.3, 0.4) is 0 Å². The van der Waals surface area contributed by atoms with E-state index < -0.39 is 5.97 Å². The number of methoxy groups -OCH3 is 1. The molecule has 0 aliphatic heterocycles. The maximum Gasteiger partial charge on any atom is 0.308 e. The summed E-state index contributed by atoms with van der Waals surface area (Å²) in [5.41, 5.74) is 0.809. The van der Waals surface area contributed by atoms with Crippen molar-refractivity contribution in [3.63, 3.8) is 0 Å². The van der Waals surface area contributed by atoms with Gasteiger partial charge in [-0.1, -0.05) is 6.07 Å². The van der Waals surface area contributed by atoms with Crippen molar-refractivity contribution in [2.24, 2.45) is 0 Å². The number of aromatic nitrogens is 1. The lowest BCUT2D eigenvalue weighted by atomic mass is 10.2. The van der Waals surface area contributed by atoms with E-state index in [0.717, 1.165) is 26.9 Å². The molecule has 2 heterocycles. The lowest BCUT2D eigenvalue weighted by Crippen LogP contribution is -1.98. The SMILES string of the molecule is COCCc1nc(-c2cccs2)c(CC(=O)O)s1. The number of carboxylic acids is 1. The molecular weight excluding hydrogens is 270 g/mol. The highest BCUT2D eigenvalue weighted by Gasteiger charge is 2.16. The molecule has 2 aromatic heterocycles. The lowest BCUT2D eigenvalue weighted by Gasteiger charge is -1.95. The fraction of sp³-hybridized carbons (Fsp3) is 0.333. The molecule has 2 rings (SSSR count). The van der Waals surface area contributed by atoms with Gasteiger partial charge in [0.15, 0.2) is 0 Å². The quantitative estimate of drug-likeness (QED) is 0.885. The minimum atomic E-state index is -0.824. The van der Waals surface area contributed by atoms with Crippen molar-refractivity contribution in [3.05, 3.63) is 27.4 Å². The third kappa shape index (κ3) is 3.16. The predicted molar refractivity (Wildman–Crippen MR) is 72.3 cm³/mol. The Balaban J connectivity index is 2.30. The topological polar surface area (TPSA) is 59.4 Å². The molecular formula is C12H13NO3S2. The summed E-state index contributed by atoms with van der Waals surface area (Å²) in [6, 6.07) is 3.91. The molecule has 0 bridgehead atoms. The van der Waals surface area contributed by atoms with E-state index in [2.05, 4.69) is 4.98 Å². The Hall–Kier alpha value is -1.24. The Labute approximate surface area is 113 Å². The standard InChI is InChI=1S/C12H13NO3S2/c1-16-5-4-10-13-12(8-3-2-6-17-8)9(18-10)7-11(14)15/h2-3,6H,4-5,7H2,1H3,(H,14,15). The van der Waals surface area contributed by atoms with Crippen LogP contribution in [0.25, 0.3) is 10.6 Å². The third-order valence-corrected chi connectivity index (χ3v) is 4.32. The van der Waals surface area contributed by atoms with E-state index in [0.29, 0.717) is 6.61 Å². The van der Waals surface area contributed by atoms with Gasteiger partial charge in [-0.15, -0.1) is 22.7 Å². The van der Waals surface area contributed by atoms with Crippen LogP contribution in [0.4, 0.5) is 0 Å². The molecule has 0 atom stereocenters. The number of carbonyl (C=O) groups is 1. The highest BCUT2D eigenvalue weighted by molar-refractivity contribution is 7.15. The van der Waals surface area contributed by atoms with Gasteiger partial charge in [0.25, 0.3) is 0 Å². The van der Waals surface area contributed by atoms with E-state index in [4.69, 9.17) is 9.84 Å². The number of carboxylic acid groups (broad SMARTS) is 1. The number of thiazole rings is 1. The van der Waals surface area contributed by atoms with Crippen molar-refractivity contribution < 1.29 is 14.6 Å². The normalized spacial score (nSPS) is 10.7. The second-order valence-corrected chi connectivity index (χ2v) is 5.79. The van der Waals surface area contributed by atoms with Crippen LogP contribution in [-0.2, 0) is 22.4 Å². The van der Waals surface area contributed by atoms with E-state index in [1.165, 1.54) is 11.3 Å². The Kier molecular flexibility index (Phi) is 4.46. The summed E-state index contributed by atoms with van der Waals surface area (Å²) in [6.45, 7) is 0.601. The maximum absolute atomic E-state index is 10.9. The van der Waals surface area contributed by atoms with Gasteiger partial charge in [-0.3, -0.25) is 4.79 Å². The van der Waals surface area contributed by atoms with Crippen LogP contribution in [0.5, 0.6) is 0 Å². The van der Waals surface area contributed by atoms with Crippen LogP contribution in [-0.4, -0.2) is 29.8 Å². The molecule has 0 spiro atoms. The molecule has 0 unspecified atom stereocenters. The first-order chi connectivity index (χ1) is 8.70. The zero-order chi connectivity index (χ0) is 13.0. The van der Waals surface area contributed by atoms with Gasteiger partial charge >= 0.3 is 5.97 Å². The van der Waals surface area contributed by atoms with Crippen LogP contribution in [0, 0.1) is 0 Å². The first-order valence-corrected chi connectivity index (χ1v) is 7.13. The van der Waals surface area contributed by atoms with Crippen LogP contribution < -0.4 is 0 Å². The molecule has 18 heavy (non-hydrogen) atoms. The Morgan fingerprint density at radius 1 is 1.56 bits per heavy atom. The van der Waals surface area contributed by atoms with Crippen molar-refractivity contribution >= 4 is 28.6 Å². The molecule has 0 aromatic carbocycles. The molecule has 0 fully saturated rings. The molecule has 0 aliphatic carbocycles. The number of ether oxygens (including phenoxy) is 1. The monoisotopic (exact) mass is 283 g/mol. The van der Waals surface area contributed by atoms with Gasteiger partial charge in [-0.05, 0) is 11.4 Å². The number of thiophene rings is 1. The summed E-state index contributed by atoms with van der Waals surface area (Å²) in [5.74, 6) is -0.824. The van der Waals surface area contributed by atoms with E-state index in [9.17, 15) is 4.79 Å². The van der Waals surface area contributed by atoms with Gasteiger partial charge in [0.05, 0.1) is 28.6 Å². The van der Waals surface area contributed by atoms with Gasteiger partial charge in [-0.25, -0.2) is 4.98 Å². The van der Waals surface area contributed by atoms with Crippen LogP contribution in [0.15, 0.2) is 17.5 Å². The van der Waals surface area contributed by atoms with E-state index in [1.807, 2.05) is 17.5 Å². The van der Waals surface area contributed by atoms with E-state index in [-0.39, 0.29) is 6.42 Å². The minimum Gasteiger partial charge on any atom is -0.481 e. The number of rotatable bonds is 6. The first-order valence-electron chi connectivity index (χ1n) is 5.44. The molecule has 0 aliphatic rings. The first kappa shape index (κ1) is 13.2. The third-order valence-electron chi connectivity index (χ3n) is 2.33. The predicted octanol–water partition coefficient (Wildman–Crippen LogP) is 2.69. The van der Waals surface area contributed by atoms with Gasteiger partial charge < -0.3 is 9.84 Å². The summed E-state index contributed by atoms with van der Waals surface area (Å²) in [5, 5.41) is 11.8. The molecule has 96 valence electrons. The zero-order valence-corrected chi connectivity index (χ0v) is 11.5. The smallest absolute Gasteiger partial charge is 0.308 e. The number of hydrogen-bond donors (Lipinski definition) is 1. The second kappa shape index (κ2) is 6.08. The van der Waals surface area contributed by atoms with Crippen molar-refractivity contribution in [1.82, 2.24) is 4.98 Å². The molecule has 0 saturated carbocycles. The fourth-order valence-electron chi connectivity index (χ4n) is 1.56. The van der Waals surface area contributed by atoms with Crippen molar-refractivity contribution in [2.45, 2.75) is 12.8 Å². The van der Waals surface area contributed by atoms with Crippen LogP contribution >= 0.6 is 22.7 Å². The van der Waals surface area contributed by atoms with Crippen LogP contribution in [0.2, 0.25) is 0 Å². The minimum absolute atomic E-state index is 0.0257. The van der Waals surface area contributed by atoms with E-state index >= 15 is 0 Å². The average molecular weight is 283 g/mol. The number of aliphatic carboxylic acids is 1. The summed E-state index contributed by atoms with van der Waals surface area (Å²) in [7, 11) is 1.64. The fourth-order valence-corrected chi connectivity index (χ4v) is 3.42. The maximum atomic E-state index is 10.9. The van der Waals surface area contributed by atoms with Gasteiger partial charge in [-0.2, -0.15) is 0 Å². The Morgan fingerprint density at radius 2 is 2.39 bits per heavy atom. The molecule has 6 heteroatoms. The molecule has 0 amide bonds. The molecule has 1 N–H and O–H groups in total. The lowest BCUT2D eigenvalue weighted by molar-refractivity contribution is -0.136. The highest BCUT2D eigenvalue weighted by atomic mass is 32.1.